The van der Waals surface area contributed by atoms with Gasteiger partial charge in [0.05, 0.1) is 19.0 Å². The Labute approximate surface area is 171 Å². The lowest BCUT2D eigenvalue weighted by Gasteiger charge is -2.47. The highest BCUT2D eigenvalue weighted by Crippen LogP contribution is 2.48. The molecule has 3 aliphatic rings. The van der Waals surface area contributed by atoms with Gasteiger partial charge < -0.3 is 24.5 Å². The largest absolute Gasteiger partial charge is 0.506 e. The van der Waals surface area contributed by atoms with Crippen molar-refractivity contribution in [2.75, 3.05) is 48.2 Å². The second-order valence-electron chi connectivity index (χ2n) is 8.06. The fourth-order valence-corrected chi connectivity index (χ4v) is 4.97. The molecule has 0 spiro atoms. The Kier molecular flexibility index (Phi) is 4.21. The van der Waals surface area contributed by atoms with Gasteiger partial charge in [-0.15, -0.1) is 6.42 Å². The van der Waals surface area contributed by atoms with Crippen LogP contribution in [0.3, 0.4) is 0 Å². The number of fused-ring (bicyclic) bond motifs is 8. The van der Waals surface area contributed by atoms with Crippen LogP contribution in [0, 0.1) is 12.3 Å². The molecule has 0 saturated carbocycles. The van der Waals surface area contributed by atoms with Gasteiger partial charge in [-0.3, -0.25) is 4.90 Å². The van der Waals surface area contributed by atoms with E-state index in [-0.39, 0.29) is 6.61 Å². The molecule has 150 valence electrons. The van der Waals surface area contributed by atoms with Crippen LogP contribution in [0.1, 0.15) is 23.6 Å². The first-order valence-electron chi connectivity index (χ1n) is 10.1. The average Bonchev–Trinajstić information content (AvgIpc) is 2.70. The molecule has 0 fully saturated rings. The zero-order valence-electron chi connectivity index (χ0n) is 17.0. The first kappa shape index (κ1) is 18.0. The number of ether oxygens (including phenoxy) is 1. The topological polar surface area (TPSA) is 42.4 Å². The van der Waals surface area contributed by atoms with E-state index in [2.05, 4.69) is 51.6 Å². The van der Waals surface area contributed by atoms with Gasteiger partial charge in [0, 0.05) is 43.1 Å². The molecule has 3 heterocycles. The highest BCUT2D eigenvalue weighted by atomic mass is 16.5. The maximum absolute atomic E-state index is 10.9. The molecule has 3 aliphatic heterocycles. The summed E-state index contributed by atoms with van der Waals surface area (Å²) in [6.45, 7) is 7.49. The van der Waals surface area contributed by atoms with Crippen LogP contribution in [0.4, 0.5) is 17.1 Å². The monoisotopic (exact) mass is 390 g/mol. The molecule has 0 aliphatic carbocycles. The number of rotatable bonds is 3. The van der Waals surface area contributed by atoms with Gasteiger partial charge in [0.1, 0.15) is 18.1 Å². The number of hydrogen-bond donors (Lipinski definition) is 1. The molecule has 2 bridgehead atoms. The molecule has 1 N–H and O–H groups in total. The molecule has 0 atom stereocenters. The summed E-state index contributed by atoms with van der Waals surface area (Å²) in [5.74, 6) is 3.69. The maximum atomic E-state index is 10.9. The molecular formula is C23H26N4O2. The molecule has 6 nitrogen and oxygen atoms in total. The van der Waals surface area contributed by atoms with E-state index >= 15 is 0 Å². The standard InChI is InChI=1S/C23H26N4O2/c1-4-8-29-18-6-7-20-16(9-18)12-27-15-26(20)13-19-22-17(10-21(28)23(19)27)11-24(3)14-25(22)5-2/h1,6-7,9-10,28H,5,8,11-15H2,2-3H3. The zero-order valence-corrected chi connectivity index (χ0v) is 17.0. The second-order valence-corrected chi connectivity index (χ2v) is 8.06. The number of hydrogen-bond acceptors (Lipinski definition) is 6. The molecule has 0 unspecified atom stereocenters. The van der Waals surface area contributed by atoms with E-state index in [1.807, 2.05) is 12.1 Å². The van der Waals surface area contributed by atoms with Crippen LogP contribution in [0.15, 0.2) is 24.3 Å². The Hall–Kier alpha value is -3.04. The molecule has 2 aromatic rings. The summed E-state index contributed by atoms with van der Waals surface area (Å²) in [7, 11) is 2.12. The lowest BCUT2D eigenvalue weighted by atomic mass is 9.95. The van der Waals surface area contributed by atoms with Crippen molar-refractivity contribution in [2.45, 2.75) is 26.6 Å². The van der Waals surface area contributed by atoms with Crippen molar-refractivity contribution in [1.82, 2.24) is 4.90 Å². The van der Waals surface area contributed by atoms with Crippen molar-refractivity contribution in [1.29, 1.82) is 0 Å². The van der Waals surface area contributed by atoms with Gasteiger partial charge in [0.15, 0.2) is 0 Å². The Morgan fingerprint density at radius 1 is 1.07 bits per heavy atom. The third-order valence-corrected chi connectivity index (χ3v) is 6.06. The molecule has 29 heavy (non-hydrogen) atoms. The average molecular weight is 390 g/mol. The minimum absolute atomic E-state index is 0.267. The van der Waals surface area contributed by atoms with Gasteiger partial charge in [0.25, 0.3) is 0 Å². The second kappa shape index (κ2) is 6.78. The number of benzene rings is 2. The van der Waals surface area contributed by atoms with E-state index in [4.69, 9.17) is 11.2 Å². The van der Waals surface area contributed by atoms with E-state index in [1.165, 1.54) is 28.1 Å². The Balaban J connectivity index is 1.58. The van der Waals surface area contributed by atoms with Gasteiger partial charge in [0.2, 0.25) is 0 Å². The summed E-state index contributed by atoms with van der Waals surface area (Å²) in [4.78, 5) is 9.36. The van der Waals surface area contributed by atoms with E-state index < -0.39 is 0 Å². The molecule has 0 saturated heterocycles. The highest BCUT2D eigenvalue weighted by Gasteiger charge is 2.36. The normalized spacial score (nSPS) is 17.3. The number of aromatic hydroxyl groups is 1. The van der Waals surface area contributed by atoms with Gasteiger partial charge >= 0.3 is 0 Å². The highest BCUT2D eigenvalue weighted by molar-refractivity contribution is 5.81. The predicted octanol–water partition coefficient (Wildman–Crippen LogP) is 2.93. The summed E-state index contributed by atoms with van der Waals surface area (Å²) >= 11 is 0. The summed E-state index contributed by atoms with van der Waals surface area (Å²) in [6.07, 6.45) is 5.32. The SMILES string of the molecule is C#CCOc1ccc2c(c1)CN1CN2Cc2c1c(O)cc1c2N(CC)CN(C)C1. The minimum Gasteiger partial charge on any atom is -0.506 e. The first-order valence-corrected chi connectivity index (χ1v) is 10.1. The fourth-order valence-electron chi connectivity index (χ4n) is 4.97. The maximum Gasteiger partial charge on any atom is 0.148 e. The summed E-state index contributed by atoms with van der Waals surface area (Å²) < 4.78 is 5.62. The summed E-state index contributed by atoms with van der Waals surface area (Å²) in [5, 5.41) is 10.9. The van der Waals surface area contributed by atoms with Crippen molar-refractivity contribution in [3.05, 3.63) is 41.0 Å². The lowest BCUT2D eigenvalue weighted by Crippen LogP contribution is -2.48. The van der Waals surface area contributed by atoms with Crippen molar-refractivity contribution < 1.29 is 9.84 Å². The van der Waals surface area contributed by atoms with Crippen molar-refractivity contribution in [3.8, 4) is 23.8 Å². The predicted molar refractivity (Wildman–Crippen MR) is 115 cm³/mol. The lowest BCUT2D eigenvalue weighted by molar-refractivity contribution is 0.309. The summed E-state index contributed by atoms with van der Waals surface area (Å²) in [6, 6.07) is 8.15. The number of terminal acetylenes is 1. The van der Waals surface area contributed by atoms with E-state index in [9.17, 15) is 5.11 Å². The third-order valence-electron chi connectivity index (χ3n) is 6.06. The molecule has 5 rings (SSSR count). The number of phenols is 1. The van der Waals surface area contributed by atoms with Crippen LogP contribution in [-0.4, -0.2) is 43.5 Å². The third kappa shape index (κ3) is 2.85. The molecule has 0 amide bonds. The van der Waals surface area contributed by atoms with E-state index in [0.717, 1.165) is 51.0 Å². The van der Waals surface area contributed by atoms with Crippen LogP contribution in [0.25, 0.3) is 0 Å². The molecular weight excluding hydrogens is 364 g/mol. The molecule has 0 aromatic heterocycles. The number of anilines is 3. The van der Waals surface area contributed by atoms with Crippen LogP contribution in [0.2, 0.25) is 0 Å². The Morgan fingerprint density at radius 3 is 2.72 bits per heavy atom. The molecule has 0 radical (unpaired) electrons. The van der Waals surface area contributed by atoms with E-state index in [0.29, 0.717) is 5.75 Å². The first-order chi connectivity index (χ1) is 14.1. The molecule has 6 heteroatoms. The van der Waals surface area contributed by atoms with Crippen molar-refractivity contribution in [2.24, 2.45) is 0 Å². The fraction of sp³-hybridized carbons (Fsp3) is 0.391. The zero-order chi connectivity index (χ0) is 20.1. The van der Waals surface area contributed by atoms with Crippen molar-refractivity contribution in [3.63, 3.8) is 0 Å². The Bertz CT molecular complexity index is 1010. The number of nitrogens with zero attached hydrogens (tertiary/aromatic N) is 4. The minimum atomic E-state index is 0.267. The quantitative estimate of drug-likeness (QED) is 0.813. The van der Waals surface area contributed by atoms with Gasteiger partial charge in [-0.05, 0) is 49.4 Å². The van der Waals surface area contributed by atoms with E-state index in [1.54, 1.807) is 0 Å². The smallest absolute Gasteiger partial charge is 0.148 e. The van der Waals surface area contributed by atoms with Gasteiger partial charge in [-0.25, -0.2) is 0 Å². The molecule has 2 aromatic carbocycles. The summed E-state index contributed by atoms with van der Waals surface area (Å²) in [5.41, 5.74) is 7.14. The van der Waals surface area contributed by atoms with Crippen LogP contribution >= 0.6 is 0 Å². The van der Waals surface area contributed by atoms with Crippen LogP contribution in [-0.2, 0) is 19.6 Å². The van der Waals surface area contributed by atoms with Gasteiger partial charge in [-0.2, -0.15) is 0 Å². The van der Waals surface area contributed by atoms with Crippen LogP contribution in [0.5, 0.6) is 11.5 Å². The van der Waals surface area contributed by atoms with Crippen LogP contribution < -0.4 is 19.4 Å². The number of phenolic OH excluding ortho intramolecular Hbond substituents is 1. The van der Waals surface area contributed by atoms with Gasteiger partial charge in [-0.1, -0.05) is 5.92 Å². The van der Waals surface area contributed by atoms with Crippen molar-refractivity contribution >= 4 is 17.1 Å². The Morgan fingerprint density at radius 2 is 1.93 bits per heavy atom.